The summed E-state index contributed by atoms with van der Waals surface area (Å²) in [5.74, 6) is -0.158. The van der Waals surface area contributed by atoms with E-state index in [0.29, 0.717) is 30.7 Å². The van der Waals surface area contributed by atoms with Crippen LogP contribution in [-0.4, -0.2) is 62.7 Å². The molecule has 0 bridgehead atoms. The fourth-order valence-corrected chi connectivity index (χ4v) is 5.53. The first-order valence-electron chi connectivity index (χ1n) is 11.7. The third kappa shape index (κ3) is 7.28. The third-order valence-corrected chi connectivity index (χ3v) is 7.82. The number of hydrogen-bond acceptors (Lipinski definition) is 6. The number of rotatable bonds is 9. The maximum Gasteiger partial charge on any atom is 0.243 e. The van der Waals surface area contributed by atoms with Gasteiger partial charge in [0, 0.05) is 45.1 Å². The molecule has 0 unspecified atom stereocenters. The van der Waals surface area contributed by atoms with Gasteiger partial charge in [0.05, 0.1) is 12.0 Å². The lowest BCUT2D eigenvalue weighted by atomic mass is 10.0. The number of amides is 3. The van der Waals surface area contributed by atoms with Gasteiger partial charge in [-0.2, -0.15) is 4.31 Å². The van der Waals surface area contributed by atoms with Crippen LogP contribution in [0.15, 0.2) is 53.4 Å². The molecule has 1 aliphatic rings. The van der Waals surface area contributed by atoms with Crippen molar-refractivity contribution in [2.24, 2.45) is 0 Å². The molecular weight excluding hydrogens is 484 g/mol. The van der Waals surface area contributed by atoms with E-state index in [1.54, 1.807) is 31.4 Å². The minimum atomic E-state index is -3.70. The SMILES string of the molecule is COc1ccc(C[C@H](NC(C)=O)C(=O)NC2CCN(S(=O)(=O)c3ccc(NC(C)=O)cc3)CC2)cc1. The molecule has 10 nitrogen and oxygen atoms in total. The number of sulfonamides is 1. The van der Waals surface area contributed by atoms with Gasteiger partial charge >= 0.3 is 0 Å². The van der Waals surface area contributed by atoms with Crippen LogP contribution in [0.1, 0.15) is 32.3 Å². The van der Waals surface area contributed by atoms with E-state index in [9.17, 15) is 22.8 Å². The highest BCUT2D eigenvalue weighted by Gasteiger charge is 2.31. The average molecular weight is 517 g/mol. The molecule has 3 amide bonds. The predicted octanol–water partition coefficient (Wildman–Crippen LogP) is 1.67. The number of carbonyl (C=O) groups is 3. The minimum absolute atomic E-state index is 0.143. The van der Waals surface area contributed by atoms with Crippen molar-refractivity contribution >= 4 is 33.4 Å². The van der Waals surface area contributed by atoms with Crippen LogP contribution < -0.4 is 20.7 Å². The quantitative estimate of drug-likeness (QED) is 0.464. The van der Waals surface area contributed by atoms with Crippen LogP contribution in [-0.2, 0) is 30.8 Å². The average Bonchev–Trinajstić information content (AvgIpc) is 2.84. The molecular formula is C25H32N4O6S. The monoisotopic (exact) mass is 516 g/mol. The summed E-state index contributed by atoms with van der Waals surface area (Å²) >= 11 is 0. The van der Waals surface area contributed by atoms with E-state index in [2.05, 4.69) is 16.0 Å². The second-order valence-electron chi connectivity index (χ2n) is 8.70. The van der Waals surface area contributed by atoms with Gasteiger partial charge in [0.2, 0.25) is 27.7 Å². The fourth-order valence-electron chi connectivity index (χ4n) is 4.06. The van der Waals surface area contributed by atoms with E-state index in [4.69, 9.17) is 4.74 Å². The van der Waals surface area contributed by atoms with Crippen molar-refractivity contribution in [1.29, 1.82) is 0 Å². The zero-order valence-electron chi connectivity index (χ0n) is 20.6. The van der Waals surface area contributed by atoms with Crippen molar-refractivity contribution in [3.63, 3.8) is 0 Å². The van der Waals surface area contributed by atoms with Crippen LogP contribution >= 0.6 is 0 Å². The van der Waals surface area contributed by atoms with Crippen LogP contribution in [0.4, 0.5) is 5.69 Å². The maximum atomic E-state index is 13.0. The lowest BCUT2D eigenvalue weighted by molar-refractivity contribution is -0.128. The third-order valence-electron chi connectivity index (χ3n) is 5.91. The highest BCUT2D eigenvalue weighted by molar-refractivity contribution is 7.89. The Hall–Kier alpha value is -3.44. The summed E-state index contributed by atoms with van der Waals surface area (Å²) in [7, 11) is -2.12. The molecule has 1 fully saturated rings. The molecule has 2 aromatic carbocycles. The Bertz CT molecular complexity index is 1170. The standard InChI is InChI=1S/C25H32N4O6S/c1-17(30)26-20-6-10-23(11-7-20)36(33,34)29-14-12-21(13-15-29)28-25(32)24(27-18(2)31)16-19-4-8-22(35-3)9-5-19/h4-11,21,24H,12-16H2,1-3H3,(H,26,30)(H,27,31)(H,28,32)/t24-/m0/s1. The van der Waals surface area contributed by atoms with E-state index in [-0.39, 0.29) is 41.7 Å². The molecule has 0 radical (unpaired) electrons. The number of carbonyl (C=O) groups excluding carboxylic acids is 3. The maximum absolute atomic E-state index is 13.0. The fraction of sp³-hybridized carbons (Fsp3) is 0.400. The number of anilines is 1. The van der Waals surface area contributed by atoms with Crippen LogP contribution in [0.25, 0.3) is 0 Å². The van der Waals surface area contributed by atoms with Crippen molar-refractivity contribution in [1.82, 2.24) is 14.9 Å². The molecule has 1 atom stereocenters. The molecule has 3 rings (SSSR count). The molecule has 0 aliphatic carbocycles. The van der Waals surface area contributed by atoms with Gasteiger partial charge < -0.3 is 20.7 Å². The molecule has 1 heterocycles. The highest BCUT2D eigenvalue weighted by atomic mass is 32.2. The second kappa shape index (κ2) is 12.0. The Morgan fingerprint density at radius 1 is 0.972 bits per heavy atom. The van der Waals surface area contributed by atoms with Gasteiger partial charge in [-0.3, -0.25) is 14.4 Å². The summed E-state index contributed by atoms with van der Waals surface area (Å²) in [5.41, 5.74) is 1.39. The number of nitrogens with one attached hydrogen (secondary N) is 3. The van der Waals surface area contributed by atoms with Gasteiger partial charge in [-0.25, -0.2) is 8.42 Å². The molecule has 0 saturated carbocycles. The molecule has 194 valence electrons. The van der Waals surface area contributed by atoms with Crippen molar-refractivity contribution in [3.8, 4) is 5.75 Å². The van der Waals surface area contributed by atoms with E-state index >= 15 is 0 Å². The van der Waals surface area contributed by atoms with Crippen LogP contribution in [0.5, 0.6) is 5.75 Å². The molecule has 11 heteroatoms. The first-order chi connectivity index (χ1) is 17.1. The number of benzene rings is 2. The summed E-state index contributed by atoms with van der Waals surface area (Å²) in [4.78, 5) is 36.0. The molecule has 36 heavy (non-hydrogen) atoms. The molecule has 1 saturated heterocycles. The normalized spacial score (nSPS) is 15.5. The van der Waals surface area contributed by atoms with Crippen molar-refractivity contribution in [2.75, 3.05) is 25.5 Å². The Balaban J connectivity index is 1.58. The van der Waals surface area contributed by atoms with E-state index in [1.165, 1.54) is 30.3 Å². The van der Waals surface area contributed by atoms with Gasteiger partial charge in [-0.15, -0.1) is 0 Å². The van der Waals surface area contributed by atoms with Gasteiger partial charge in [0.15, 0.2) is 0 Å². The highest BCUT2D eigenvalue weighted by Crippen LogP contribution is 2.22. The summed E-state index contributed by atoms with van der Waals surface area (Å²) in [6.07, 6.45) is 1.21. The van der Waals surface area contributed by atoms with Gasteiger partial charge in [0.1, 0.15) is 11.8 Å². The number of piperidine rings is 1. The Morgan fingerprint density at radius 2 is 1.58 bits per heavy atom. The van der Waals surface area contributed by atoms with Gasteiger partial charge in [-0.1, -0.05) is 12.1 Å². The van der Waals surface area contributed by atoms with Gasteiger partial charge in [0.25, 0.3) is 0 Å². The van der Waals surface area contributed by atoms with E-state index in [0.717, 1.165) is 5.56 Å². The topological polar surface area (TPSA) is 134 Å². The van der Waals surface area contributed by atoms with Crippen LogP contribution in [0.2, 0.25) is 0 Å². The Labute approximate surface area is 211 Å². The number of methoxy groups -OCH3 is 1. The van der Waals surface area contributed by atoms with Crippen LogP contribution in [0, 0.1) is 0 Å². The van der Waals surface area contributed by atoms with Crippen molar-refractivity contribution < 1.29 is 27.5 Å². The van der Waals surface area contributed by atoms with E-state index in [1.807, 2.05) is 12.1 Å². The first-order valence-corrected chi connectivity index (χ1v) is 13.1. The van der Waals surface area contributed by atoms with Crippen molar-refractivity contribution in [3.05, 3.63) is 54.1 Å². The smallest absolute Gasteiger partial charge is 0.243 e. The van der Waals surface area contributed by atoms with Crippen LogP contribution in [0.3, 0.4) is 0 Å². The lowest BCUT2D eigenvalue weighted by Crippen LogP contribution is -2.53. The van der Waals surface area contributed by atoms with Gasteiger partial charge in [-0.05, 0) is 54.8 Å². The minimum Gasteiger partial charge on any atom is -0.497 e. The summed E-state index contributed by atoms with van der Waals surface area (Å²) in [6.45, 7) is 3.25. The van der Waals surface area contributed by atoms with Crippen molar-refractivity contribution in [2.45, 2.75) is 50.1 Å². The molecule has 2 aromatic rings. The number of hydrogen-bond donors (Lipinski definition) is 3. The molecule has 0 aromatic heterocycles. The Morgan fingerprint density at radius 3 is 2.11 bits per heavy atom. The molecule has 0 spiro atoms. The zero-order chi connectivity index (χ0) is 26.3. The second-order valence-corrected chi connectivity index (χ2v) is 10.6. The molecule has 1 aliphatic heterocycles. The first kappa shape index (κ1) is 27.2. The summed E-state index contributed by atoms with van der Waals surface area (Å²) < 4.78 is 32.6. The summed E-state index contributed by atoms with van der Waals surface area (Å²) in [6, 6.07) is 12.3. The lowest BCUT2D eigenvalue weighted by Gasteiger charge is -2.32. The number of ether oxygens (including phenoxy) is 1. The van der Waals surface area contributed by atoms with E-state index < -0.39 is 16.1 Å². The number of nitrogens with zero attached hydrogens (tertiary/aromatic N) is 1. The summed E-state index contributed by atoms with van der Waals surface area (Å²) in [5, 5.41) is 8.28. The largest absolute Gasteiger partial charge is 0.497 e. The Kier molecular flexibility index (Phi) is 9.05. The predicted molar refractivity (Wildman–Crippen MR) is 135 cm³/mol. The molecule has 3 N–H and O–H groups in total. The zero-order valence-corrected chi connectivity index (χ0v) is 21.4.